The molecule has 1 aliphatic rings. The highest BCUT2D eigenvalue weighted by atomic mass is 32.2. The molecule has 11 heteroatoms. The van der Waals surface area contributed by atoms with Crippen molar-refractivity contribution < 1.29 is 36.6 Å². The number of amides is 1. The first kappa shape index (κ1) is 21.1. The van der Waals surface area contributed by atoms with Crippen molar-refractivity contribution in [3.63, 3.8) is 0 Å². The molecule has 0 radical (unpaired) electrons. The second-order valence-corrected chi connectivity index (χ2v) is 8.46. The number of benzene rings is 2. The zero-order chi connectivity index (χ0) is 21.3. The zero-order valence-electron chi connectivity index (χ0n) is 14.9. The first-order valence-corrected chi connectivity index (χ1v) is 10.0. The molecular formula is C18H17F3N2O5S. The average Bonchev–Trinajstić information content (AvgIpc) is 2.66. The maximum atomic E-state index is 13.3. The monoisotopic (exact) mass is 430 g/mol. The van der Waals surface area contributed by atoms with Gasteiger partial charge in [0.05, 0.1) is 16.6 Å². The summed E-state index contributed by atoms with van der Waals surface area (Å²) in [5, 5.41) is 21.6. The average molecular weight is 430 g/mol. The fourth-order valence-electron chi connectivity index (χ4n) is 2.92. The standard InChI is InChI=1S/C18H17F3N2O5S/c19-14-7-10(8-15(20)17(14)21)22-18(26)13-9-12(1-2-16(13)25)29(27,28)23-5-3-11(24)4-6-23/h1-2,7-9,11,24-25H,3-6H2,(H,22,26). The van der Waals surface area contributed by atoms with Crippen molar-refractivity contribution in [2.75, 3.05) is 18.4 Å². The van der Waals surface area contributed by atoms with Crippen LogP contribution >= 0.6 is 0 Å². The predicted octanol–water partition coefficient (Wildman–Crippen LogP) is 2.21. The number of phenolic OH excluding ortho intramolecular Hbond substituents is 1. The van der Waals surface area contributed by atoms with Crippen LogP contribution in [0.2, 0.25) is 0 Å². The van der Waals surface area contributed by atoms with Crippen molar-refractivity contribution >= 4 is 21.6 Å². The topological polar surface area (TPSA) is 107 Å². The Morgan fingerprint density at radius 2 is 1.66 bits per heavy atom. The number of hydrogen-bond acceptors (Lipinski definition) is 5. The molecule has 0 aliphatic carbocycles. The number of carbonyl (C=O) groups excluding carboxylic acids is 1. The molecule has 2 aromatic rings. The van der Waals surface area contributed by atoms with Gasteiger partial charge >= 0.3 is 0 Å². The van der Waals surface area contributed by atoms with E-state index in [1.807, 2.05) is 0 Å². The summed E-state index contributed by atoms with van der Waals surface area (Å²) in [5.74, 6) is -6.34. The molecule has 3 rings (SSSR count). The van der Waals surface area contributed by atoms with Gasteiger partial charge < -0.3 is 15.5 Å². The molecule has 0 saturated carbocycles. The minimum atomic E-state index is -3.99. The number of halogens is 3. The Labute approximate surface area is 164 Å². The van der Waals surface area contributed by atoms with E-state index in [1.54, 1.807) is 0 Å². The van der Waals surface area contributed by atoms with Gasteiger partial charge in [-0.05, 0) is 31.0 Å². The molecule has 1 amide bonds. The molecule has 1 saturated heterocycles. The van der Waals surface area contributed by atoms with E-state index in [2.05, 4.69) is 5.32 Å². The number of aliphatic hydroxyl groups is 1. The van der Waals surface area contributed by atoms with Crippen molar-refractivity contribution in [3.8, 4) is 5.75 Å². The molecule has 0 unspecified atom stereocenters. The van der Waals surface area contributed by atoms with Gasteiger partial charge in [0.1, 0.15) is 5.75 Å². The molecule has 1 fully saturated rings. The SMILES string of the molecule is O=C(Nc1cc(F)c(F)c(F)c1)c1cc(S(=O)(=O)N2CCC(O)CC2)ccc1O. The Morgan fingerprint density at radius 1 is 1.07 bits per heavy atom. The molecular weight excluding hydrogens is 413 g/mol. The third-order valence-corrected chi connectivity index (χ3v) is 6.41. The summed E-state index contributed by atoms with van der Waals surface area (Å²) in [5.41, 5.74) is -0.864. The summed E-state index contributed by atoms with van der Waals surface area (Å²) in [4.78, 5) is 12.1. The molecule has 0 atom stereocenters. The molecule has 29 heavy (non-hydrogen) atoms. The van der Waals surface area contributed by atoms with E-state index < -0.39 is 56.5 Å². The Morgan fingerprint density at radius 3 is 2.24 bits per heavy atom. The van der Waals surface area contributed by atoms with Crippen LogP contribution in [-0.2, 0) is 10.0 Å². The fourth-order valence-corrected chi connectivity index (χ4v) is 4.41. The van der Waals surface area contributed by atoms with Crippen LogP contribution in [0, 0.1) is 17.5 Å². The van der Waals surface area contributed by atoms with Crippen LogP contribution in [0.3, 0.4) is 0 Å². The van der Waals surface area contributed by atoms with Crippen molar-refractivity contribution in [3.05, 3.63) is 53.3 Å². The van der Waals surface area contributed by atoms with Crippen molar-refractivity contribution in [1.82, 2.24) is 4.31 Å². The molecule has 3 N–H and O–H groups in total. The minimum absolute atomic E-state index is 0.0973. The second-order valence-electron chi connectivity index (χ2n) is 6.52. The lowest BCUT2D eigenvalue weighted by Gasteiger charge is -2.28. The lowest BCUT2D eigenvalue weighted by molar-refractivity contribution is 0.102. The van der Waals surface area contributed by atoms with Crippen LogP contribution in [0.15, 0.2) is 35.2 Å². The number of nitrogens with one attached hydrogen (secondary N) is 1. The molecule has 7 nitrogen and oxygen atoms in total. The highest BCUT2D eigenvalue weighted by Crippen LogP contribution is 2.27. The van der Waals surface area contributed by atoms with Crippen LogP contribution in [0.1, 0.15) is 23.2 Å². The van der Waals surface area contributed by atoms with Gasteiger partial charge in [0, 0.05) is 30.9 Å². The third kappa shape index (κ3) is 4.36. The number of phenols is 1. The van der Waals surface area contributed by atoms with Crippen molar-refractivity contribution in [2.45, 2.75) is 23.8 Å². The summed E-state index contributed by atoms with van der Waals surface area (Å²) in [6.45, 7) is 0.195. The van der Waals surface area contributed by atoms with Crippen LogP contribution in [0.4, 0.5) is 18.9 Å². The minimum Gasteiger partial charge on any atom is -0.507 e. The summed E-state index contributed by atoms with van der Waals surface area (Å²) < 4.78 is 66.3. The molecule has 0 bridgehead atoms. The number of aliphatic hydroxyl groups excluding tert-OH is 1. The Balaban J connectivity index is 1.88. The van der Waals surface area contributed by atoms with E-state index in [1.165, 1.54) is 0 Å². The number of carbonyl (C=O) groups is 1. The van der Waals surface area contributed by atoms with Gasteiger partial charge in [0.15, 0.2) is 17.5 Å². The van der Waals surface area contributed by atoms with E-state index in [4.69, 9.17) is 0 Å². The Bertz CT molecular complexity index is 1030. The Kier molecular flexibility index (Phi) is 5.82. The van der Waals surface area contributed by atoms with E-state index in [9.17, 15) is 36.6 Å². The normalized spacial score (nSPS) is 16.0. The first-order valence-electron chi connectivity index (χ1n) is 8.56. The van der Waals surface area contributed by atoms with E-state index in [0.29, 0.717) is 12.1 Å². The Hall–Kier alpha value is -2.63. The summed E-state index contributed by atoms with van der Waals surface area (Å²) in [6, 6.07) is 4.15. The van der Waals surface area contributed by atoms with Gasteiger partial charge in [-0.2, -0.15) is 4.31 Å². The van der Waals surface area contributed by atoms with E-state index >= 15 is 0 Å². The van der Waals surface area contributed by atoms with Crippen LogP contribution in [0.25, 0.3) is 0 Å². The highest BCUT2D eigenvalue weighted by molar-refractivity contribution is 7.89. The molecule has 1 aliphatic heterocycles. The predicted molar refractivity (Wildman–Crippen MR) is 96.4 cm³/mol. The van der Waals surface area contributed by atoms with E-state index in [-0.39, 0.29) is 30.8 Å². The number of rotatable bonds is 4. The van der Waals surface area contributed by atoms with Crippen molar-refractivity contribution in [2.24, 2.45) is 0 Å². The number of aromatic hydroxyl groups is 1. The third-order valence-electron chi connectivity index (χ3n) is 4.52. The smallest absolute Gasteiger partial charge is 0.259 e. The quantitative estimate of drug-likeness (QED) is 0.645. The van der Waals surface area contributed by atoms with Gasteiger partial charge in [-0.3, -0.25) is 4.79 Å². The number of anilines is 1. The van der Waals surface area contributed by atoms with Gasteiger partial charge in [-0.25, -0.2) is 21.6 Å². The van der Waals surface area contributed by atoms with Gasteiger partial charge in [-0.1, -0.05) is 0 Å². The molecule has 0 spiro atoms. The molecule has 2 aromatic carbocycles. The van der Waals surface area contributed by atoms with Crippen molar-refractivity contribution in [1.29, 1.82) is 0 Å². The fraction of sp³-hybridized carbons (Fsp3) is 0.278. The van der Waals surface area contributed by atoms with Crippen LogP contribution in [0.5, 0.6) is 5.75 Å². The maximum Gasteiger partial charge on any atom is 0.259 e. The summed E-state index contributed by atoms with van der Waals surface area (Å²) in [7, 11) is -3.99. The zero-order valence-corrected chi connectivity index (χ0v) is 15.7. The van der Waals surface area contributed by atoms with Crippen LogP contribution in [-0.4, -0.2) is 48.0 Å². The maximum absolute atomic E-state index is 13.3. The summed E-state index contributed by atoms with van der Waals surface area (Å²) in [6.07, 6.45) is -0.0438. The number of piperidine rings is 1. The number of nitrogens with zero attached hydrogens (tertiary/aromatic N) is 1. The largest absolute Gasteiger partial charge is 0.507 e. The van der Waals surface area contributed by atoms with E-state index in [0.717, 1.165) is 22.5 Å². The van der Waals surface area contributed by atoms with Gasteiger partial charge in [0.2, 0.25) is 10.0 Å². The molecule has 156 valence electrons. The lowest BCUT2D eigenvalue weighted by atomic mass is 10.1. The number of sulfonamides is 1. The first-order chi connectivity index (χ1) is 13.6. The lowest BCUT2D eigenvalue weighted by Crippen LogP contribution is -2.40. The summed E-state index contributed by atoms with van der Waals surface area (Å²) >= 11 is 0. The highest BCUT2D eigenvalue weighted by Gasteiger charge is 2.30. The molecule has 0 aromatic heterocycles. The molecule has 1 heterocycles. The van der Waals surface area contributed by atoms with Gasteiger partial charge in [-0.15, -0.1) is 0 Å². The number of hydrogen-bond donors (Lipinski definition) is 3. The van der Waals surface area contributed by atoms with Crippen LogP contribution < -0.4 is 5.32 Å². The second kappa shape index (κ2) is 8.01. The van der Waals surface area contributed by atoms with Gasteiger partial charge in [0.25, 0.3) is 5.91 Å².